The van der Waals surface area contributed by atoms with Crippen LogP contribution in [0.4, 0.5) is 5.95 Å². The van der Waals surface area contributed by atoms with E-state index in [1.54, 1.807) is 25.6 Å². The summed E-state index contributed by atoms with van der Waals surface area (Å²) < 4.78 is 11.0. The Morgan fingerprint density at radius 2 is 2.00 bits per heavy atom. The first kappa shape index (κ1) is 18.5. The molecule has 7 nitrogen and oxygen atoms in total. The number of nitriles is 1. The quantitative estimate of drug-likeness (QED) is 0.606. The lowest BCUT2D eigenvalue weighted by atomic mass is 10.2. The molecule has 132 valence electrons. The second-order valence-electron chi connectivity index (χ2n) is 5.27. The van der Waals surface area contributed by atoms with Crippen LogP contribution in [0.5, 0.6) is 11.5 Å². The number of hydrogen-bond donors (Lipinski definition) is 2. The number of ether oxygens (including phenoxy) is 2. The minimum absolute atomic E-state index is 0.488. The highest BCUT2D eigenvalue weighted by atomic mass is 16.5. The zero-order valence-corrected chi connectivity index (χ0v) is 14.4. The van der Waals surface area contributed by atoms with Crippen LogP contribution >= 0.6 is 0 Å². The minimum atomic E-state index is 0.488. The predicted octanol–water partition coefficient (Wildman–Crippen LogP) is 2.37. The van der Waals surface area contributed by atoms with E-state index in [2.05, 4.69) is 26.7 Å². The zero-order valence-electron chi connectivity index (χ0n) is 14.4. The van der Waals surface area contributed by atoms with Crippen LogP contribution in [0, 0.1) is 11.3 Å². The molecule has 1 aromatic carbocycles. The third kappa shape index (κ3) is 6.65. The summed E-state index contributed by atoms with van der Waals surface area (Å²) in [6, 6.07) is 9.76. The summed E-state index contributed by atoms with van der Waals surface area (Å²) in [5, 5.41) is 15.1. The predicted molar refractivity (Wildman–Crippen MR) is 95.6 cm³/mol. The number of aromatic nitrogens is 2. The van der Waals surface area contributed by atoms with E-state index in [1.165, 1.54) is 0 Å². The van der Waals surface area contributed by atoms with Crippen molar-refractivity contribution in [2.75, 3.05) is 32.1 Å². The molecule has 0 fully saturated rings. The van der Waals surface area contributed by atoms with E-state index in [-0.39, 0.29) is 0 Å². The van der Waals surface area contributed by atoms with Crippen molar-refractivity contribution < 1.29 is 9.47 Å². The van der Waals surface area contributed by atoms with Gasteiger partial charge in [0.15, 0.2) is 11.5 Å². The Balaban J connectivity index is 1.76. The highest BCUT2D eigenvalue weighted by Crippen LogP contribution is 2.28. The van der Waals surface area contributed by atoms with Gasteiger partial charge in [-0.3, -0.25) is 0 Å². The van der Waals surface area contributed by atoms with Crippen molar-refractivity contribution in [3.63, 3.8) is 0 Å². The fourth-order valence-corrected chi connectivity index (χ4v) is 2.16. The molecule has 0 aliphatic heterocycles. The van der Waals surface area contributed by atoms with Crippen LogP contribution in [0.25, 0.3) is 0 Å². The fourth-order valence-electron chi connectivity index (χ4n) is 2.16. The highest BCUT2D eigenvalue weighted by Gasteiger charge is 2.06. The van der Waals surface area contributed by atoms with E-state index >= 15 is 0 Å². The second-order valence-corrected chi connectivity index (χ2v) is 5.27. The van der Waals surface area contributed by atoms with Crippen molar-refractivity contribution in [1.82, 2.24) is 15.3 Å². The van der Waals surface area contributed by atoms with Crippen molar-refractivity contribution in [3.05, 3.63) is 42.2 Å². The fraction of sp³-hybridized carbons (Fsp3) is 0.389. The molecule has 0 aliphatic rings. The number of nitrogens with zero attached hydrogens (tertiary/aromatic N) is 3. The van der Waals surface area contributed by atoms with E-state index in [9.17, 15) is 0 Å². The number of hydrogen-bond acceptors (Lipinski definition) is 7. The Bertz CT molecular complexity index is 673. The van der Waals surface area contributed by atoms with Gasteiger partial charge in [0.1, 0.15) is 0 Å². The lowest BCUT2D eigenvalue weighted by Crippen LogP contribution is -2.22. The average Bonchev–Trinajstić information content (AvgIpc) is 2.66. The van der Waals surface area contributed by atoms with Crippen LogP contribution in [0.15, 0.2) is 36.7 Å². The molecule has 1 heterocycles. The third-order valence-corrected chi connectivity index (χ3v) is 3.40. The highest BCUT2D eigenvalue weighted by molar-refractivity contribution is 5.43. The summed E-state index contributed by atoms with van der Waals surface area (Å²) in [7, 11) is 1.62. The number of unbranched alkanes of at least 4 members (excludes halogenated alkanes) is 1. The number of nitrogens with one attached hydrogen (secondary N) is 2. The van der Waals surface area contributed by atoms with Gasteiger partial charge < -0.3 is 20.1 Å². The summed E-state index contributed by atoms with van der Waals surface area (Å²) >= 11 is 0. The first-order valence-electron chi connectivity index (χ1n) is 8.21. The van der Waals surface area contributed by atoms with Crippen LogP contribution in [0.1, 0.15) is 18.4 Å². The van der Waals surface area contributed by atoms with Crippen molar-refractivity contribution in [1.29, 1.82) is 5.26 Å². The summed E-state index contributed by atoms with van der Waals surface area (Å²) in [5.41, 5.74) is 1.10. The summed E-state index contributed by atoms with van der Waals surface area (Å²) in [4.78, 5) is 8.21. The third-order valence-electron chi connectivity index (χ3n) is 3.40. The van der Waals surface area contributed by atoms with E-state index in [0.717, 1.165) is 25.2 Å². The normalized spacial score (nSPS) is 10.1. The van der Waals surface area contributed by atoms with Crippen LogP contribution < -0.4 is 20.1 Å². The lowest BCUT2D eigenvalue weighted by Gasteiger charge is -2.12. The summed E-state index contributed by atoms with van der Waals surface area (Å²) in [5.74, 6) is 2.03. The van der Waals surface area contributed by atoms with Crippen LogP contribution in [0.2, 0.25) is 0 Å². The Morgan fingerprint density at radius 1 is 1.16 bits per heavy atom. The largest absolute Gasteiger partial charge is 0.493 e. The molecule has 2 rings (SSSR count). The van der Waals surface area contributed by atoms with Gasteiger partial charge in [-0.25, -0.2) is 9.97 Å². The van der Waals surface area contributed by atoms with Gasteiger partial charge in [-0.05, 0) is 30.2 Å². The van der Waals surface area contributed by atoms with E-state index in [0.29, 0.717) is 36.9 Å². The molecule has 0 radical (unpaired) electrons. The number of methoxy groups -OCH3 is 1. The van der Waals surface area contributed by atoms with E-state index in [1.807, 2.05) is 18.2 Å². The molecule has 1 aromatic heterocycles. The van der Waals surface area contributed by atoms with Crippen molar-refractivity contribution in [2.45, 2.75) is 19.4 Å². The second kappa shape index (κ2) is 10.8. The van der Waals surface area contributed by atoms with Crippen molar-refractivity contribution in [2.24, 2.45) is 0 Å². The topological polar surface area (TPSA) is 92.1 Å². The zero-order chi connectivity index (χ0) is 17.7. The molecule has 0 amide bonds. The van der Waals surface area contributed by atoms with Gasteiger partial charge in [0.2, 0.25) is 5.95 Å². The number of rotatable bonds is 11. The lowest BCUT2D eigenvalue weighted by molar-refractivity contribution is 0.290. The Labute approximate surface area is 148 Å². The first-order valence-corrected chi connectivity index (χ1v) is 8.21. The average molecular weight is 341 g/mol. The molecular formula is C18H23N5O2. The minimum Gasteiger partial charge on any atom is -0.493 e. The van der Waals surface area contributed by atoms with Gasteiger partial charge in [0.25, 0.3) is 0 Å². The number of benzene rings is 1. The van der Waals surface area contributed by atoms with Crippen molar-refractivity contribution >= 4 is 5.95 Å². The van der Waals surface area contributed by atoms with Crippen LogP contribution in [-0.4, -0.2) is 36.8 Å². The van der Waals surface area contributed by atoms with Gasteiger partial charge in [-0.1, -0.05) is 6.07 Å². The molecule has 0 bridgehead atoms. The molecule has 0 unspecified atom stereocenters. The van der Waals surface area contributed by atoms with Gasteiger partial charge >= 0.3 is 0 Å². The summed E-state index contributed by atoms with van der Waals surface area (Å²) in [6.07, 6.45) is 4.60. The van der Waals surface area contributed by atoms with Crippen LogP contribution in [-0.2, 0) is 6.54 Å². The van der Waals surface area contributed by atoms with Gasteiger partial charge in [0.05, 0.1) is 19.8 Å². The summed E-state index contributed by atoms with van der Waals surface area (Å²) in [6.45, 7) is 2.73. The molecule has 25 heavy (non-hydrogen) atoms. The Kier molecular flexibility index (Phi) is 8.01. The standard InChI is InChI=1S/C18H23N5O2/c1-24-16-6-5-15(13-17(16)25-12-3-2-7-19)14-20-10-11-23-18-21-8-4-9-22-18/h4-6,8-9,13,20H,2-3,10-12,14H2,1H3,(H,21,22,23). The number of anilines is 1. The molecule has 0 spiro atoms. The molecule has 0 aliphatic carbocycles. The Hall–Kier alpha value is -2.85. The molecule has 0 saturated heterocycles. The van der Waals surface area contributed by atoms with Gasteiger partial charge in [-0.2, -0.15) is 5.26 Å². The molecule has 7 heteroatoms. The molecule has 2 aromatic rings. The van der Waals surface area contributed by atoms with Crippen molar-refractivity contribution in [3.8, 4) is 17.6 Å². The molecular weight excluding hydrogens is 318 g/mol. The maximum atomic E-state index is 8.57. The van der Waals surface area contributed by atoms with Gasteiger partial charge in [0, 0.05) is 38.4 Å². The van der Waals surface area contributed by atoms with E-state index in [4.69, 9.17) is 14.7 Å². The first-order chi connectivity index (χ1) is 12.3. The monoisotopic (exact) mass is 341 g/mol. The molecule has 0 atom stereocenters. The SMILES string of the molecule is COc1ccc(CNCCNc2ncccn2)cc1OCCCC#N. The Morgan fingerprint density at radius 3 is 2.76 bits per heavy atom. The van der Waals surface area contributed by atoms with Gasteiger partial charge in [-0.15, -0.1) is 0 Å². The molecule has 0 saturated carbocycles. The maximum absolute atomic E-state index is 8.57. The van der Waals surface area contributed by atoms with Crippen LogP contribution in [0.3, 0.4) is 0 Å². The van der Waals surface area contributed by atoms with E-state index < -0.39 is 0 Å². The molecule has 2 N–H and O–H groups in total. The maximum Gasteiger partial charge on any atom is 0.222 e. The smallest absolute Gasteiger partial charge is 0.222 e.